The lowest BCUT2D eigenvalue weighted by Crippen LogP contribution is -2.26. The molecule has 136 valence electrons. The Hall–Kier alpha value is -1.26. The average Bonchev–Trinajstić information content (AvgIpc) is 2.56. The zero-order valence-corrected chi connectivity index (χ0v) is 16.6. The summed E-state index contributed by atoms with van der Waals surface area (Å²) in [6, 6.07) is 14.0. The first-order valence-corrected chi connectivity index (χ1v) is 9.17. The molecule has 0 aliphatic carbocycles. The van der Waals surface area contributed by atoms with Crippen molar-refractivity contribution in [1.29, 1.82) is 0 Å². The number of nitrogens with zero attached hydrogens (tertiary/aromatic N) is 2. The van der Waals surface area contributed by atoms with Crippen molar-refractivity contribution in [2.45, 2.75) is 19.5 Å². The highest BCUT2D eigenvalue weighted by molar-refractivity contribution is 6.32. The van der Waals surface area contributed by atoms with Gasteiger partial charge in [0.2, 0.25) is 0 Å². The van der Waals surface area contributed by atoms with Gasteiger partial charge in [-0.3, -0.25) is 4.90 Å². The first-order valence-electron chi connectivity index (χ1n) is 8.42. The predicted octanol–water partition coefficient (Wildman–Crippen LogP) is 4.96. The maximum absolute atomic E-state index is 6.27. The number of hydrogen-bond acceptors (Lipinski definition) is 3. The van der Waals surface area contributed by atoms with E-state index in [1.54, 1.807) is 7.11 Å². The monoisotopic (exact) mass is 380 g/mol. The van der Waals surface area contributed by atoms with Crippen molar-refractivity contribution in [2.24, 2.45) is 0 Å². The molecule has 0 fully saturated rings. The van der Waals surface area contributed by atoms with Gasteiger partial charge < -0.3 is 9.64 Å². The molecule has 5 heteroatoms. The van der Waals surface area contributed by atoms with Crippen LogP contribution in [0.5, 0.6) is 5.75 Å². The van der Waals surface area contributed by atoms with E-state index in [0.717, 1.165) is 37.6 Å². The van der Waals surface area contributed by atoms with Crippen molar-refractivity contribution in [3.05, 3.63) is 63.6 Å². The highest BCUT2D eigenvalue weighted by Gasteiger charge is 2.10. The Morgan fingerprint density at radius 1 is 0.880 bits per heavy atom. The lowest BCUT2D eigenvalue weighted by Gasteiger charge is -2.24. The third-order valence-corrected chi connectivity index (χ3v) is 4.57. The largest absolute Gasteiger partial charge is 0.495 e. The van der Waals surface area contributed by atoms with Gasteiger partial charge in [0.05, 0.1) is 12.1 Å². The molecule has 0 unspecified atom stereocenters. The SMILES string of the molecule is COc1ccc(CN(CCCN(C)C)Cc2ccc(Cl)cc2)cc1Cl. The second kappa shape index (κ2) is 10.0. The van der Waals surface area contributed by atoms with E-state index in [9.17, 15) is 0 Å². The average molecular weight is 381 g/mol. The molecule has 0 N–H and O–H groups in total. The van der Waals surface area contributed by atoms with Crippen LogP contribution in [0.15, 0.2) is 42.5 Å². The maximum atomic E-state index is 6.27. The second-order valence-electron chi connectivity index (χ2n) is 6.46. The summed E-state index contributed by atoms with van der Waals surface area (Å²) in [4.78, 5) is 4.65. The smallest absolute Gasteiger partial charge is 0.137 e. The number of methoxy groups -OCH3 is 1. The fraction of sp³-hybridized carbons (Fsp3) is 0.400. The summed E-state index contributed by atoms with van der Waals surface area (Å²) in [5.74, 6) is 0.710. The van der Waals surface area contributed by atoms with Gasteiger partial charge in [-0.15, -0.1) is 0 Å². The molecule has 25 heavy (non-hydrogen) atoms. The van der Waals surface area contributed by atoms with Gasteiger partial charge in [0.25, 0.3) is 0 Å². The first-order chi connectivity index (χ1) is 12.0. The minimum Gasteiger partial charge on any atom is -0.495 e. The lowest BCUT2D eigenvalue weighted by atomic mass is 10.1. The first kappa shape index (κ1) is 20.1. The number of rotatable bonds is 9. The van der Waals surface area contributed by atoms with Crippen LogP contribution in [0, 0.1) is 0 Å². The molecule has 2 aromatic carbocycles. The number of hydrogen-bond donors (Lipinski definition) is 0. The van der Waals surface area contributed by atoms with E-state index in [1.807, 2.05) is 24.3 Å². The summed E-state index contributed by atoms with van der Waals surface area (Å²) in [6.45, 7) is 3.82. The molecule has 0 atom stereocenters. The molecular weight excluding hydrogens is 355 g/mol. The third-order valence-electron chi connectivity index (χ3n) is 4.02. The molecule has 0 spiro atoms. The quantitative estimate of drug-likeness (QED) is 0.611. The number of benzene rings is 2. The molecule has 0 amide bonds. The van der Waals surface area contributed by atoms with E-state index in [2.05, 4.69) is 42.1 Å². The summed E-state index contributed by atoms with van der Waals surface area (Å²) >= 11 is 12.3. The van der Waals surface area contributed by atoms with Crippen LogP contribution in [-0.2, 0) is 13.1 Å². The Labute approximate surface area is 161 Å². The van der Waals surface area contributed by atoms with Gasteiger partial charge in [0, 0.05) is 24.7 Å². The van der Waals surface area contributed by atoms with Crippen LogP contribution in [-0.4, -0.2) is 44.1 Å². The minimum absolute atomic E-state index is 0.653. The van der Waals surface area contributed by atoms with Gasteiger partial charge in [-0.05, 0) is 62.5 Å². The minimum atomic E-state index is 0.653. The van der Waals surface area contributed by atoms with Gasteiger partial charge in [-0.1, -0.05) is 41.4 Å². The zero-order valence-electron chi connectivity index (χ0n) is 15.1. The van der Waals surface area contributed by atoms with Crippen LogP contribution in [0.3, 0.4) is 0 Å². The summed E-state index contributed by atoms with van der Waals surface area (Å²) < 4.78 is 5.24. The number of ether oxygens (including phenoxy) is 1. The standard InChI is InChI=1S/C20H26Cl2N2O/c1-23(2)11-4-12-24(14-16-5-8-18(21)9-6-16)15-17-7-10-20(25-3)19(22)13-17/h5-10,13H,4,11-12,14-15H2,1-3H3. The highest BCUT2D eigenvalue weighted by Crippen LogP contribution is 2.26. The van der Waals surface area contributed by atoms with E-state index in [1.165, 1.54) is 11.1 Å². The van der Waals surface area contributed by atoms with E-state index < -0.39 is 0 Å². The Bertz CT molecular complexity index is 659. The third kappa shape index (κ3) is 6.87. The Morgan fingerprint density at radius 3 is 2.12 bits per heavy atom. The van der Waals surface area contributed by atoms with Crippen LogP contribution in [0.1, 0.15) is 17.5 Å². The topological polar surface area (TPSA) is 15.7 Å². The van der Waals surface area contributed by atoms with Crippen LogP contribution >= 0.6 is 23.2 Å². The van der Waals surface area contributed by atoms with Crippen molar-refractivity contribution in [2.75, 3.05) is 34.3 Å². The molecule has 0 aromatic heterocycles. The van der Waals surface area contributed by atoms with Crippen molar-refractivity contribution in [3.8, 4) is 5.75 Å². The molecule has 0 saturated carbocycles. The summed E-state index contributed by atoms with van der Waals surface area (Å²) in [5, 5.41) is 1.42. The van der Waals surface area contributed by atoms with Gasteiger partial charge in [0.15, 0.2) is 0 Å². The molecule has 2 aromatic rings. The second-order valence-corrected chi connectivity index (χ2v) is 7.31. The number of halogens is 2. The molecule has 2 rings (SSSR count). The van der Waals surface area contributed by atoms with Gasteiger partial charge in [0.1, 0.15) is 5.75 Å². The fourth-order valence-corrected chi connectivity index (χ4v) is 3.15. The van der Waals surface area contributed by atoms with Gasteiger partial charge >= 0.3 is 0 Å². The van der Waals surface area contributed by atoms with E-state index in [-0.39, 0.29) is 0 Å². The Balaban J connectivity index is 2.07. The molecule has 0 saturated heterocycles. The normalized spacial score (nSPS) is 11.3. The molecule has 0 aliphatic rings. The molecule has 0 radical (unpaired) electrons. The van der Waals surface area contributed by atoms with Crippen molar-refractivity contribution < 1.29 is 4.74 Å². The molecule has 3 nitrogen and oxygen atoms in total. The van der Waals surface area contributed by atoms with Crippen LogP contribution in [0.4, 0.5) is 0 Å². The summed E-state index contributed by atoms with van der Waals surface area (Å²) in [5.41, 5.74) is 2.44. The van der Waals surface area contributed by atoms with E-state index >= 15 is 0 Å². The predicted molar refractivity (Wildman–Crippen MR) is 107 cm³/mol. The summed E-state index contributed by atoms with van der Waals surface area (Å²) in [7, 11) is 5.84. The molecular formula is C20H26Cl2N2O. The maximum Gasteiger partial charge on any atom is 0.137 e. The Kier molecular flexibility index (Phi) is 8.04. The molecule has 0 aliphatic heterocycles. The molecule has 0 heterocycles. The van der Waals surface area contributed by atoms with Crippen molar-refractivity contribution >= 4 is 23.2 Å². The van der Waals surface area contributed by atoms with Gasteiger partial charge in [-0.25, -0.2) is 0 Å². The van der Waals surface area contributed by atoms with E-state index in [0.29, 0.717) is 10.8 Å². The van der Waals surface area contributed by atoms with E-state index in [4.69, 9.17) is 27.9 Å². The molecule has 0 bridgehead atoms. The van der Waals surface area contributed by atoms with Crippen LogP contribution in [0.2, 0.25) is 10.0 Å². The van der Waals surface area contributed by atoms with Gasteiger partial charge in [-0.2, -0.15) is 0 Å². The zero-order chi connectivity index (χ0) is 18.2. The fourth-order valence-electron chi connectivity index (χ4n) is 2.74. The Morgan fingerprint density at radius 2 is 1.52 bits per heavy atom. The van der Waals surface area contributed by atoms with Crippen molar-refractivity contribution in [1.82, 2.24) is 9.80 Å². The van der Waals surface area contributed by atoms with Crippen LogP contribution < -0.4 is 4.74 Å². The van der Waals surface area contributed by atoms with Crippen molar-refractivity contribution in [3.63, 3.8) is 0 Å². The lowest BCUT2D eigenvalue weighted by molar-refractivity contribution is 0.239. The summed E-state index contributed by atoms with van der Waals surface area (Å²) in [6.07, 6.45) is 1.12. The highest BCUT2D eigenvalue weighted by atomic mass is 35.5. The van der Waals surface area contributed by atoms with Crippen LogP contribution in [0.25, 0.3) is 0 Å².